The highest BCUT2D eigenvalue weighted by molar-refractivity contribution is 5.92. The van der Waals surface area contributed by atoms with Gasteiger partial charge in [-0.1, -0.05) is 0 Å². The fourth-order valence-corrected chi connectivity index (χ4v) is 4.00. The molecule has 2 saturated heterocycles. The number of primary amides is 1. The van der Waals surface area contributed by atoms with Crippen LogP contribution in [0.3, 0.4) is 0 Å². The standard InChI is InChI=1S/C17H28N8O8/c1-25(8(28)3-20-5-18)11-12(29)13(33-16(19)31)7(4-26)32-15(11)24-17-22-9-6(27)2-21-14(30)10(9)23-17/h5-7,9-13,15,26-27,29H,2-4H2,1H3,(H2,18,20)(H2,19,31)(H,21,30)(H2,22,23,24)/t6-,7-,9-,10+,11-,12-,13-,15-/m1/s1. The molecule has 0 radical (unpaired) electrons. The van der Waals surface area contributed by atoms with Gasteiger partial charge in [0.25, 0.3) is 0 Å². The van der Waals surface area contributed by atoms with Gasteiger partial charge in [0.2, 0.25) is 11.8 Å². The Morgan fingerprint density at radius 3 is 2.79 bits per heavy atom. The van der Waals surface area contributed by atoms with Gasteiger partial charge in [-0.25, -0.2) is 9.79 Å². The quantitative estimate of drug-likeness (QED) is 0.133. The number of piperidine rings is 1. The van der Waals surface area contributed by atoms with Crippen molar-refractivity contribution >= 4 is 30.2 Å². The number of aliphatic hydroxyl groups excluding tert-OH is 3. The summed E-state index contributed by atoms with van der Waals surface area (Å²) in [5, 5.41) is 39.1. The molecule has 3 amide bonds. The molecule has 16 nitrogen and oxygen atoms in total. The van der Waals surface area contributed by atoms with Crippen molar-refractivity contribution in [3.8, 4) is 0 Å². The van der Waals surface area contributed by atoms with Crippen molar-refractivity contribution in [3.05, 3.63) is 0 Å². The molecule has 3 heterocycles. The summed E-state index contributed by atoms with van der Waals surface area (Å²) < 4.78 is 10.7. The first-order valence-corrected chi connectivity index (χ1v) is 10.1. The summed E-state index contributed by atoms with van der Waals surface area (Å²) in [6, 6.07) is -2.77. The molecule has 0 aliphatic carbocycles. The van der Waals surface area contributed by atoms with Gasteiger partial charge in [-0.3, -0.25) is 14.6 Å². The van der Waals surface area contributed by atoms with Gasteiger partial charge < -0.3 is 57.1 Å². The topological polar surface area (TPSA) is 246 Å². The minimum atomic E-state index is -1.55. The molecule has 10 N–H and O–H groups in total. The van der Waals surface area contributed by atoms with Crippen molar-refractivity contribution in [2.45, 2.75) is 48.8 Å². The summed E-state index contributed by atoms with van der Waals surface area (Å²) in [5.41, 5.74) is 10.3. The fourth-order valence-electron chi connectivity index (χ4n) is 4.00. The summed E-state index contributed by atoms with van der Waals surface area (Å²) in [7, 11) is 1.36. The number of carbonyl (C=O) groups excluding carboxylic acids is 3. The van der Waals surface area contributed by atoms with Crippen LogP contribution >= 0.6 is 0 Å². The zero-order valence-corrected chi connectivity index (χ0v) is 17.7. The van der Waals surface area contributed by atoms with Crippen LogP contribution in [0.15, 0.2) is 9.98 Å². The summed E-state index contributed by atoms with van der Waals surface area (Å²) in [6.45, 7) is -0.931. The summed E-state index contributed by atoms with van der Waals surface area (Å²) in [6.07, 6.45) is -6.49. The summed E-state index contributed by atoms with van der Waals surface area (Å²) in [5.74, 6) is -0.873. The number of amides is 3. The monoisotopic (exact) mass is 472 g/mol. The SMILES string of the molecule is CN(C(=O)CN=CN)[C@@H]1[C@@H](O)[C@H](OC(N)=O)[C@@H](CO)O[C@H]1NC1=N[C@@H]2C(=O)NC[C@@H](O)[C@H]2N1. The highest BCUT2D eigenvalue weighted by atomic mass is 16.6. The predicted molar refractivity (Wildman–Crippen MR) is 111 cm³/mol. The first-order chi connectivity index (χ1) is 15.7. The van der Waals surface area contributed by atoms with Crippen LogP contribution in [-0.2, 0) is 19.1 Å². The van der Waals surface area contributed by atoms with Gasteiger partial charge in [-0.15, -0.1) is 0 Å². The second kappa shape index (κ2) is 10.2. The Morgan fingerprint density at radius 1 is 1.45 bits per heavy atom. The van der Waals surface area contributed by atoms with E-state index in [4.69, 9.17) is 20.9 Å². The van der Waals surface area contributed by atoms with Gasteiger partial charge in [-0.2, -0.15) is 0 Å². The van der Waals surface area contributed by atoms with Crippen LogP contribution in [0, 0.1) is 0 Å². The minimum Gasteiger partial charge on any atom is -0.441 e. The lowest BCUT2D eigenvalue weighted by Crippen LogP contribution is -2.70. The third-order valence-corrected chi connectivity index (χ3v) is 5.65. The van der Waals surface area contributed by atoms with Crippen LogP contribution < -0.4 is 27.4 Å². The van der Waals surface area contributed by atoms with Crippen molar-refractivity contribution in [3.63, 3.8) is 0 Å². The van der Waals surface area contributed by atoms with Crippen LogP contribution in [0.25, 0.3) is 0 Å². The Hall–Kier alpha value is -3.21. The number of carbonyl (C=O) groups is 3. The lowest BCUT2D eigenvalue weighted by Gasteiger charge is -2.46. The molecule has 3 aliphatic rings. The highest BCUT2D eigenvalue weighted by Gasteiger charge is 2.51. The molecular weight excluding hydrogens is 444 g/mol. The van der Waals surface area contributed by atoms with Crippen molar-refractivity contribution in [2.24, 2.45) is 21.5 Å². The molecule has 0 aromatic heterocycles. The average Bonchev–Trinajstić information content (AvgIpc) is 3.21. The number of fused-ring (bicyclic) bond motifs is 1. The maximum atomic E-state index is 12.5. The van der Waals surface area contributed by atoms with E-state index in [-0.39, 0.29) is 25.0 Å². The van der Waals surface area contributed by atoms with E-state index in [0.29, 0.717) is 0 Å². The van der Waals surface area contributed by atoms with Gasteiger partial charge in [0.1, 0.15) is 24.8 Å². The molecule has 3 aliphatic heterocycles. The number of aliphatic imine (C=N–C) groups is 2. The molecule has 0 unspecified atom stereocenters. The molecule has 184 valence electrons. The number of guanidine groups is 1. The molecule has 0 bridgehead atoms. The first kappa shape index (κ1) is 24.4. The number of nitrogens with one attached hydrogen (secondary N) is 3. The van der Waals surface area contributed by atoms with E-state index in [1.807, 2.05) is 0 Å². The van der Waals surface area contributed by atoms with Gasteiger partial charge >= 0.3 is 6.09 Å². The van der Waals surface area contributed by atoms with Crippen LogP contribution in [0.2, 0.25) is 0 Å². The smallest absolute Gasteiger partial charge is 0.404 e. The highest BCUT2D eigenvalue weighted by Crippen LogP contribution is 2.26. The van der Waals surface area contributed by atoms with E-state index in [1.54, 1.807) is 0 Å². The molecule has 0 saturated carbocycles. The number of hydrogen-bond acceptors (Lipinski definition) is 12. The molecular formula is C17H28N8O8. The average molecular weight is 472 g/mol. The van der Waals surface area contributed by atoms with Crippen LogP contribution in [0.1, 0.15) is 0 Å². The number of nitrogens with zero attached hydrogens (tertiary/aromatic N) is 3. The number of nitrogens with two attached hydrogens (primary N) is 2. The van der Waals surface area contributed by atoms with Crippen molar-refractivity contribution < 1.29 is 39.2 Å². The van der Waals surface area contributed by atoms with E-state index < -0.39 is 67.4 Å². The second-order valence-electron chi connectivity index (χ2n) is 7.70. The number of hydrogen-bond donors (Lipinski definition) is 8. The molecule has 0 aromatic carbocycles. The fraction of sp³-hybridized carbons (Fsp3) is 0.706. The Morgan fingerprint density at radius 2 is 2.18 bits per heavy atom. The Labute approximate surface area is 188 Å². The van der Waals surface area contributed by atoms with E-state index in [1.165, 1.54) is 7.05 Å². The van der Waals surface area contributed by atoms with E-state index in [2.05, 4.69) is 25.9 Å². The Balaban J connectivity index is 1.86. The number of aliphatic hydroxyl groups is 3. The number of likely N-dealkylation sites (N-methyl/N-ethyl adjacent to an activating group) is 1. The third-order valence-electron chi connectivity index (χ3n) is 5.65. The molecule has 16 heteroatoms. The number of rotatable bonds is 6. The Bertz CT molecular complexity index is 825. The van der Waals surface area contributed by atoms with Crippen molar-refractivity contribution in [1.82, 2.24) is 20.9 Å². The van der Waals surface area contributed by atoms with E-state index >= 15 is 0 Å². The largest absolute Gasteiger partial charge is 0.441 e. The molecule has 3 rings (SSSR count). The molecule has 8 atom stereocenters. The zero-order valence-electron chi connectivity index (χ0n) is 17.7. The Kier molecular flexibility index (Phi) is 7.52. The predicted octanol–water partition coefficient (Wildman–Crippen LogP) is -5.88. The first-order valence-electron chi connectivity index (χ1n) is 10.1. The number of β-amino-alcohol motifs (C(OH)–C–C–N with tert-alkyl or cyclic N) is 1. The third kappa shape index (κ3) is 5.08. The summed E-state index contributed by atoms with van der Waals surface area (Å²) >= 11 is 0. The van der Waals surface area contributed by atoms with Crippen LogP contribution in [-0.4, -0.2) is 126 Å². The molecule has 0 aromatic rings. The van der Waals surface area contributed by atoms with Crippen molar-refractivity contribution in [1.29, 1.82) is 0 Å². The minimum absolute atomic E-state index is 0.0503. The van der Waals surface area contributed by atoms with E-state index in [0.717, 1.165) is 11.2 Å². The van der Waals surface area contributed by atoms with Gasteiger partial charge in [0.15, 0.2) is 24.3 Å². The molecule has 2 fully saturated rings. The van der Waals surface area contributed by atoms with Gasteiger partial charge in [0.05, 0.1) is 25.1 Å². The molecule has 0 spiro atoms. The van der Waals surface area contributed by atoms with Crippen LogP contribution in [0.5, 0.6) is 0 Å². The second-order valence-corrected chi connectivity index (χ2v) is 7.70. The summed E-state index contributed by atoms with van der Waals surface area (Å²) in [4.78, 5) is 45.0. The normalized spacial score (nSPS) is 35.8. The number of ether oxygens (including phenoxy) is 2. The van der Waals surface area contributed by atoms with Gasteiger partial charge in [0, 0.05) is 13.6 Å². The van der Waals surface area contributed by atoms with E-state index in [9.17, 15) is 29.7 Å². The lowest BCUT2D eigenvalue weighted by molar-refractivity contribution is -0.214. The molecule has 33 heavy (non-hydrogen) atoms. The maximum Gasteiger partial charge on any atom is 0.404 e. The zero-order chi connectivity index (χ0) is 24.3. The lowest BCUT2D eigenvalue weighted by atomic mass is 9.94. The van der Waals surface area contributed by atoms with Crippen molar-refractivity contribution in [2.75, 3.05) is 26.7 Å². The maximum absolute atomic E-state index is 12.5. The van der Waals surface area contributed by atoms with Crippen LogP contribution in [0.4, 0.5) is 4.79 Å². The van der Waals surface area contributed by atoms with Gasteiger partial charge in [-0.05, 0) is 0 Å².